The summed E-state index contributed by atoms with van der Waals surface area (Å²) in [5.74, 6) is -1.96. The third-order valence-corrected chi connectivity index (χ3v) is 6.40. The molecule has 4 amide bonds. The van der Waals surface area contributed by atoms with Crippen molar-refractivity contribution in [1.82, 2.24) is 0 Å². The number of carbonyl (C=O) groups excluding carboxylic acids is 4. The maximum absolute atomic E-state index is 12.8. The molecule has 7 nitrogen and oxygen atoms in total. The molecule has 0 radical (unpaired) electrons. The van der Waals surface area contributed by atoms with Crippen LogP contribution in [-0.4, -0.2) is 30.2 Å². The molecule has 34 heavy (non-hydrogen) atoms. The molecule has 1 fully saturated rings. The number of halogens is 2. The van der Waals surface area contributed by atoms with Crippen molar-refractivity contribution in [3.8, 4) is 0 Å². The molecule has 3 aromatic rings. The van der Waals surface area contributed by atoms with Crippen molar-refractivity contribution in [3.05, 3.63) is 87.9 Å². The third-order valence-electron chi connectivity index (χ3n) is 5.87. The van der Waals surface area contributed by atoms with E-state index < -0.39 is 17.7 Å². The smallest absolute Gasteiger partial charge is 0.266 e. The average Bonchev–Trinajstić information content (AvgIpc) is 3.32. The van der Waals surface area contributed by atoms with Crippen LogP contribution in [0, 0.1) is 5.92 Å². The van der Waals surface area contributed by atoms with Crippen LogP contribution in [0.15, 0.2) is 66.7 Å². The summed E-state index contributed by atoms with van der Waals surface area (Å²) in [5, 5.41) is 3.41. The first-order chi connectivity index (χ1) is 16.3. The zero-order valence-electron chi connectivity index (χ0n) is 17.6. The minimum atomic E-state index is -0.554. The van der Waals surface area contributed by atoms with Gasteiger partial charge in [0.15, 0.2) is 0 Å². The molecular weight excluding hydrogens is 477 g/mol. The zero-order chi connectivity index (χ0) is 24.0. The minimum Gasteiger partial charge on any atom is -0.326 e. The van der Waals surface area contributed by atoms with Crippen LogP contribution in [0.5, 0.6) is 0 Å². The van der Waals surface area contributed by atoms with Gasteiger partial charge in [0, 0.05) is 29.4 Å². The molecule has 9 heteroatoms. The number of carbonyl (C=O) groups is 4. The SMILES string of the molecule is O=C(Nc1ccc(N2C(=O)c3ccccc3C2=O)c(Cl)c1)C1CC(=O)N(c2cccc(Cl)c2)C1. The summed E-state index contributed by atoms with van der Waals surface area (Å²) < 4.78 is 0. The molecule has 0 saturated carbocycles. The van der Waals surface area contributed by atoms with Crippen molar-refractivity contribution >= 4 is 63.9 Å². The summed E-state index contributed by atoms with van der Waals surface area (Å²) in [5.41, 5.74) is 1.89. The number of hydrogen-bond acceptors (Lipinski definition) is 4. The van der Waals surface area contributed by atoms with E-state index in [1.807, 2.05) is 0 Å². The van der Waals surface area contributed by atoms with Crippen molar-refractivity contribution < 1.29 is 19.2 Å². The first-order valence-corrected chi connectivity index (χ1v) is 11.2. The summed E-state index contributed by atoms with van der Waals surface area (Å²) in [6, 6.07) is 18.0. The predicted molar refractivity (Wildman–Crippen MR) is 130 cm³/mol. The predicted octanol–water partition coefficient (Wildman–Crippen LogP) is 4.79. The Balaban J connectivity index is 1.30. The van der Waals surface area contributed by atoms with Gasteiger partial charge in [-0.1, -0.05) is 41.4 Å². The van der Waals surface area contributed by atoms with Crippen LogP contribution in [0.4, 0.5) is 17.1 Å². The molecule has 1 unspecified atom stereocenters. The van der Waals surface area contributed by atoms with Crippen LogP contribution in [-0.2, 0) is 9.59 Å². The molecule has 1 saturated heterocycles. The number of nitrogens with zero attached hydrogens (tertiary/aromatic N) is 2. The molecule has 5 rings (SSSR count). The fraction of sp³-hybridized carbons (Fsp3) is 0.120. The highest BCUT2D eigenvalue weighted by molar-refractivity contribution is 6.40. The van der Waals surface area contributed by atoms with E-state index in [0.717, 1.165) is 4.90 Å². The van der Waals surface area contributed by atoms with E-state index in [1.54, 1.807) is 54.6 Å². The second-order valence-electron chi connectivity index (χ2n) is 8.03. The number of fused-ring (bicyclic) bond motifs is 1. The highest BCUT2D eigenvalue weighted by atomic mass is 35.5. The molecule has 1 atom stereocenters. The molecule has 2 aliphatic heterocycles. The molecule has 2 aliphatic rings. The summed E-state index contributed by atoms with van der Waals surface area (Å²) in [6.45, 7) is 0.228. The fourth-order valence-corrected chi connectivity index (χ4v) is 4.64. The Kier molecular flexibility index (Phi) is 5.59. The van der Waals surface area contributed by atoms with Gasteiger partial charge in [-0.3, -0.25) is 19.2 Å². The maximum Gasteiger partial charge on any atom is 0.266 e. The highest BCUT2D eigenvalue weighted by Gasteiger charge is 2.38. The van der Waals surface area contributed by atoms with E-state index in [-0.39, 0.29) is 35.5 Å². The average molecular weight is 494 g/mol. The van der Waals surface area contributed by atoms with E-state index in [9.17, 15) is 19.2 Å². The first-order valence-electron chi connectivity index (χ1n) is 10.5. The van der Waals surface area contributed by atoms with Gasteiger partial charge in [0.05, 0.1) is 27.8 Å². The van der Waals surface area contributed by atoms with Crippen LogP contribution >= 0.6 is 23.2 Å². The van der Waals surface area contributed by atoms with Gasteiger partial charge in [0.2, 0.25) is 11.8 Å². The number of nitrogens with one attached hydrogen (secondary N) is 1. The summed E-state index contributed by atoms with van der Waals surface area (Å²) in [7, 11) is 0. The van der Waals surface area contributed by atoms with Crippen molar-refractivity contribution in [2.75, 3.05) is 21.7 Å². The van der Waals surface area contributed by atoms with Crippen molar-refractivity contribution in [2.45, 2.75) is 6.42 Å². The van der Waals surface area contributed by atoms with Crippen LogP contribution in [0.2, 0.25) is 10.0 Å². The van der Waals surface area contributed by atoms with E-state index in [0.29, 0.717) is 27.5 Å². The largest absolute Gasteiger partial charge is 0.326 e. The number of amides is 4. The zero-order valence-corrected chi connectivity index (χ0v) is 19.1. The topological polar surface area (TPSA) is 86.8 Å². The second-order valence-corrected chi connectivity index (χ2v) is 8.88. The van der Waals surface area contributed by atoms with Gasteiger partial charge in [0.1, 0.15) is 0 Å². The number of rotatable bonds is 4. The van der Waals surface area contributed by atoms with Crippen LogP contribution in [0.1, 0.15) is 27.1 Å². The van der Waals surface area contributed by atoms with Crippen molar-refractivity contribution in [3.63, 3.8) is 0 Å². The van der Waals surface area contributed by atoms with Gasteiger partial charge in [0.25, 0.3) is 11.8 Å². The molecule has 0 spiro atoms. The van der Waals surface area contributed by atoms with E-state index >= 15 is 0 Å². The molecule has 1 N–H and O–H groups in total. The van der Waals surface area contributed by atoms with Crippen LogP contribution in [0.3, 0.4) is 0 Å². The lowest BCUT2D eigenvalue weighted by atomic mass is 10.1. The highest BCUT2D eigenvalue weighted by Crippen LogP contribution is 2.35. The monoisotopic (exact) mass is 493 g/mol. The second kappa shape index (κ2) is 8.59. The summed E-state index contributed by atoms with van der Waals surface area (Å²) in [6.07, 6.45) is 0.0687. The molecular formula is C25H17Cl2N3O4. The Morgan fingerprint density at radius 1 is 0.882 bits per heavy atom. The van der Waals surface area contributed by atoms with E-state index in [4.69, 9.17) is 23.2 Å². The van der Waals surface area contributed by atoms with Gasteiger partial charge < -0.3 is 10.2 Å². The normalized spacial score (nSPS) is 17.4. The Hall–Kier alpha value is -3.68. The molecule has 0 aliphatic carbocycles. The number of hydrogen-bond donors (Lipinski definition) is 1. The minimum absolute atomic E-state index is 0.0687. The van der Waals surface area contributed by atoms with Gasteiger partial charge >= 0.3 is 0 Å². The third kappa shape index (κ3) is 3.83. The maximum atomic E-state index is 12.8. The molecule has 2 heterocycles. The number of anilines is 3. The van der Waals surface area contributed by atoms with Gasteiger partial charge in [-0.05, 0) is 48.5 Å². The Morgan fingerprint density at radius 2 is 1.59 bits per heavy atom. The Morgan fingerprint density at radius 3 is 2.24 bits per heavy atom. The van der Waals surface area contributed by atoms with E-state index in [2.05, 4.69) is 5.32 Å². The number of benzene rings is 3. The summed E-state index contributed by atoms with van der Waals surface area (Å²) in [4.78, 5) is 53.3. The summed E-state index contributed by atoms with van der Waals surface area (Å²) >= 11 is 12.4. The van der Waals surface area contributed by atoms with E-state index in [1.165, 1.54) is 17.0 Å². The molecule has 0 aromatic heterocycles. The molecule has 0 bridgehead atoms. The lowest BCUT2D eigenvalue weighted by Gasteiger charge is -2.18. The lowest BCUT2D eigenvalue weighted by molar-refractivity contribution is -0.122. The van der Waals surface area contributed by atoms with Gasteiger partial charge in [-0.2, -0.15) is 0 Å². The molecule has 3 aromatic carbocycles. The fourth-order valence-electron chi connectivity index (χ4n) is 4.20. The Labute approximate surface area is 204 Å². The van der Waals surface area contributed by atoms with Crippen LogP contribution in [0.25, 0.3) is 0 Å². The standard InChI is InChI=1S/C25H17Cl2N3O4/c26-15-4-3-5-17(11-15)29-13-14(10-22(29)31)23(32)28-16-8-9-21(20(27)12-16)30-24(33)18-6-1-2-7-19(18)25(30)34/h1-9,11-12,14H,10,13H2,(H,28,32). The number of imide groups is 1. The molecule has 170 valence electrons. The Bertz CT molecular complexity index is 1340. The quantitative estimate of drug-likeness (QED) is 0.529. The van der Waals surface area contributed by atoms with Gasteiger partial charge in [-0.15, -0.1) is 0 Å². The van der Waals surface area contributed by atoms with Crippen molar-refractivity contribution in [2.24, 2.45) is 5.92 Å². The van der Waals surface area contributed by atoms with Gasteiger partial charge in [-0.25, -0.2) is 4.90 Å². The lowest BCUT2D eigenvalue weighted by Crippen LogP contribution is -2.30. The van der Waals surface area contributed by atoms with Crippen LogP contribution < -0.4 is 15.1 Å². The first kappa shape index (κ1) is 22.1. The van der Waals surface area contributed by atoms with Crippen molar-refractivity contribution in [1.29, 1.82) is 0 Å².